The van der Waals surface area contributed by atoms with Gasteiger partial charge in [0, 0.05) is 26.0 Å². The Morgan fingerprint density at radius 3 is 2.47 bits per heavy atom. The van der Waals surface area contributed by atoms with E-state index in [1.54, 1.807) is 7.05 Å². The first-order chi connectivity index (χ1) is 14.0. The highest BCUT2D eigenvalue weighted by molar-refractivity contribution is 5.63. The molecule has 14 heteroatoms. The average molecular weight is 436 g/mol. The molecule has 0 spiro atoms. The third kappa shape index (κ3) is 4.74. The first-order valence-corrected chi connectivity index (χ1v) is 8.78. The van der Waals surface area contributed by atoms with Crippen molar-refractivity contribution in [2.24, 2.45) is 0 Å². The molecule has 0 radical (unpaired) electrons. The molecule has 0 amide bonds. The molecule has 30 heavy (non-hydrogen) atoms. The maximum atomic E-state index is 13.3. The second-order valence-corrected chi connectivity index (χ2v) is 6.50. The van der Waals surface area contributed by atoms with Gasteiger partial charge in [0.1, 0.15) is 11.5 Å². The second kappa shape index (κ2) is 7.99. The SMILES string of the molecule is CN/C=C\Nc1ncc2c(n1)N(CCC(F)(F)F)[C@@H](CC(F)(F)F)c1nnc(C)n1-2. The van der Waals surface area contributed by atoms with E-state index in [-0.39, 0.29) is 29.1 Å². The molecule has 0 unspecified atom stereocenters. The van der Waals surface area contributed by atoms with Crippen molar-refractivity contribution in [3.05, 3.63) is 30.2 Å². The number of nitrogens with zero attached hydrogens (tertiary/aromatic N) is 6. The van der Waals surface area contributed by atoms with E-state index in [1.807, 2.05) is 0 Å². The Labute approximate surface area is 167 Å². The molecule has 3 heterocycles. The van der Waals surface area contributed by atoms with Gasteiger partial charge in [0.2, 0.25) is 5.95 Å². The van der Waals surface area contributed by atoms with E-state index < -0.39 is 37.8 Å². The minimum Gasteiger partial charge on any atom is -0.393 e. The molecule has 8 nitrogen and oxygen atoms in total. The summed E-state index contributed by atoms with van der Waals surface area (Å²) in [5.41, 5.74) is 0.205. The van der Waals surface area contributed by atoms with Crippen LogP contribution >= 0.6 is 0 Å². The summed E-state index contributed by atoms with van der Waals surface area (Å²) in [4.78, 5) is 9.22. The molecule has 0 saturated heterocycles. The molecule has 1 aliphatic heterocycles. The van der Waals surface area contributed by atoms with Gasteiger partial charge in [-0.05, 0) is 6.92 Å². The minimum absolute atomic E-state index is 0.0113. The highest BCUT2D eigenvalue weighted by atomic mass is 19.4. The Hall–Kier alpha value is -3.06. The van der Waals surface area contributed by atoms with Gasteiger partial charge in [0.15, 0.2) is 11.6 Å². The van der Waals surface area contributed by atoms with Crippen molar-refractivity contribution in [1.29, 1.82) is 0 Å². The van der Waals surface area contributed by atoms with Gasteiger partial charge in [-0.15, -0.1) is 10.2 Å². The van der Waals surface area contributed by atoms with Crippen molar-refractivity contribution < 1.29 is 26.3 Å². The van der Waals surface area contributed by atoms with E-state index >= 15 is 0 Å². The molecule has 1 atom stereocenters. The molecular formula is C16H18F6N8. The largest absolute Gasteiger partial charge is 0.393 e. The van der Waals surface area contributed by atoms with Crippen molar-refractivity contribution in [2.45, 2.75) is 38.2 Å². The zero-order chi connectivity index (χ0) is 22.1. The van der Waals surface area contributed by atoms with Crippen molar-refractivity contribution >= 4 is 11.8 Å². The van der Waals surface area contributed by atoms with Gasteiger partial charge in [0.05, 0.1) is 25.1 Å². The predicted octanol–water partition coefficient (Wildman–Crippen LogP) is 3.23. The fourth-order valence-electron chi connectivity index (χ4n) is 3.11. The number of anilines is 2. The van der Waals surface area contributed by atoms with Gasteiger partial charge < -0.3 is 15.5 Å². The number of aryl methyl sites for hydroxylation is 1. The third-order valence-electron chi connectivity index (χ3n) is 4.31. The number of alkyl halides is 6. The predicted molar refractivity (Wildman–Crippen MR) is 94.9 cm³/mol. The van der Waals surface area contributed by atoms with Crippen LogP contribution in [0.25, 0.3) is 5.69 Å². The van der Waals surface area contributed by atoms with Crippen molar-refractivity contribution in [3.8, 4) is 5.69 Å². The van der Waals surface area contributed by atoms with Crippen LogP contribution in [0.2, 0.25) is 0 Å². The summed E-state index contributed by atoms with van der Waals surface area (Å²) >= 11 is 0. The lowest BCUT2D eigenvalue weighted by molar-refractivity contribution is -0.141. The number of rotatable bonds is 6. The molecule has 0 saturated carbocycles. The van der Waals surface area contributed by atoms with E-state index in [0.29, 0.717) is 0 Å². The van der Waals surface area contributed by atoms with Crippen LogP contribution < -0.4 is 15.5 Å². The number of fused-ring (bicyclic) bond motifs is 3. The number of hydrogen-bond donors (Lipinski definition) is 2. The zero-order valence-electron chi connectivity index (χ0n) is 15.9. The summed E-state index contributed by atoms with van der Waals surface area (Å²) in [7, 11) is 1.64. The van der Waals surface area contributed by atoms with Crippen molar-refractivity contribution in [2.75, 3.05) is 23.8 Å². The van der Waals surface area contributed by atoms with E-state index in [9.17, 15) is 26.3 Å². The quantitative estimate of drug-likeness (QED) is 0.673. The van der Waals surface area contributed by atoms with Gasteiger partial charge in [0.25, 0.3) is 0 Å². The molecule has 0 aromatic carbocycles. The third-order valence-corrected chi connectivity index (χ3v) is 4.31. The fraction of sp³-hybridized carbons (Fsp3) is 0.500. The number of nitrogens with one attached hydrogen (secondary N) is 2. The van der Waals surface area contributed by atoms with Gasteiger partial charge >= 0.3 is 12.4 Å². The summed E-state index contributed by atoms with van der Waals surface area (Å²) in [6.45, 7) is 0.796. The molecule has 0 bridgehead atoms. The van der Waals surface area contributed by atoms with E-state index in [1.165, 1.54) is 30.1 Å². The van der Waals surface area contributed by atoms with Crippen LogP contribution in [0.3, 0.4) is 0 Å². The lowest BCUT2D eigenvalue weighted by Crippen LogP contribution is -2.40. The standard InChI is InChI=1S/C16H18F6N8/c1-9-27-28-13-10(7-16(20,21)22)29(6-3-15(17,18)19)12-11(30(9)13)8-25-14(26-12)24-5-4-23-2/h4-5,8,10,23H,3,6-7H2,1-2H3,(H,24,25,26)/b5-4-/t10-/m0/s1. The molecule has 1 aliphatic rings. The van der Waals surface area contributed by atoms with Crippen LogP contribution in [0.15, 0.2) is 18.6 Å². The van der Waals surface area contributed by atoms with Crippen LogP contribution in [0.5, 0.6) is 0 Å². The maximum absolute atomic E-state index is 13.3. The summed E-state index contributed by atoms with van der Waals surface area (Å²) in [5, 5.41) is 13.0. The molecule has 164 valence electrons. The van der Waals surface area contributed by atoms with Crippen molar-refractivity contribution in [3.63, 3.8) is 0 Å². The minimum atomic E-state index is -4.65. The molecule has 3 rings (SSSR count). The Bertz CT molecular complexity index is 919. The van der Waals surface area contributed by atoms with Crippen molar-refractivity contribution in [1.82, 2.24) is 30.0 Å². The van der Waals surface area contributed by atoms with Crippen LogP contribution in [0.1, 0.15) is 30.5 Å². The van der Waals surface area contributed by atoms with Crippen LogP contribution in [-0.4, -0.2) is 50.7 Å². The van der Waals surface area contributed by atoms with Crippen LogP contribution in [0.4, 0.5) is 38.1 Å². The summed E-state index contributed by atoms with van der Waals surface area (Å²) in [6, 6.07) is -1.52. The van der Waals surface area contributed by atoms with Gasteiger partial charge in [-0.2, -0.15) is 31.3 Å². The first-order valence-electron chi connectivity index (χ1n) is 8.78. The lowest BCUT2D eigenvalue weighted by Gasteiger charge is -2.38. The zero-order valence-corrected chi connectivity index (χ0v) is 15.9. The fourth-order valence-corrected chi connectivity index (χ4v) is 3.11. The summed E-state index contributed by atoms with van der Waals surface area (Å²) in [6.07, 6.45) is -7.68. The van der Waals surface area contributed by atoms with Crippen LogP contribution in [-0.2, 0) is 0 Å². The van der Waals surface area contributed by atoms with E-state index in [0.717, 1.165) is 4.90 Å². The van der Waals surface area contributed by atoms with Gasteiger partial charge in [-0.3, -0.25) is 4.57 Å². The first kappa shape index (κ1) is 21.6. The molecule has 2 N–H and O–H groups in total. The Morgan fingerprint density at radius 1 is 1.10 bits per heavy atom. The van der Waals surface area contributed by atoms with Gasteiger partial charge in [-0.1, -0.05) is 0 Å². The highest BCUT2D eigenvalue weighted by Crippen LogP contribution is 2.43. The second-order valence-electron chi connectivity index (χ2n) is 6.50. The Kier molecular flexibility index (Phi) is 5.76. The van der Waals surface area contributed by atoms with Gasteiger partial charge in [-0.25, -0.2) is 4.98 Å². The molecule has 0 aliphatic carbocycles. The molecule has 2 aromatic rings. The normalized spacial score (nSPS) is 16.5. The topological polar surface area (TPSA) is 83.8 Å². The molecule has 2 aromatic heterocycles. The summed E-state index contributed by atoms with van der Waals surface area (Å²) < 4.78 is 79.9. The highest BCUT2D eigenvalue weighted by Gasteiger charge is 2.43. The van der Waals surface area contributed by atoms with E-state index in [4.69, 9.17) is 0 Å². The smallest absolute Gasteiger partial charge is 0.391 e. The lowest BCUT2D eigenvalue weighted by atomic mass is 10.1. The molecule has 0 fully saturated rings. The Morgan fingerprint density at radius 2 is 1.83 bits per heavy atom. The Balaban J connectivity index is 2.11. The maximum Gasteiger partial charge on any atom is 0.391 e. The van der Waals surface area contributed by atoms with E-state index in [2.05, 4.69) is 30.8 Å². The number of halogens is 6. The number of hydrogen-bond acceptors (Lipinski definition) is 7. The average Bonchev–Trinajstić information content (AvgIpc) is 3.01. The summed E-state index contributed by atoms with van der Waals surface area (Å²) in [5.74, 6) is 0.101. The molecular weight excluding hydrogens is 418 g/mol. The number of aromatic nitrogens is 5. The van der Waals surface area contributed by atoms with Crippen LogP contribution in [0, 0.1) is 6.92 Å². The monoisotopic (exact) mass is 436 g/mol.